The zero-order valence-electron chi connectivity index (χ0n) is 14.1. The Labute approximate surface area is 151 Å². The minimum absolute atomic E-state index is 0.148. The van der Waals surface area contributed by atoms with Gasteiger partial charge in [-0.2, -0.15) is 0 Å². The lowest BCUT2D eigenvalue weighted by Gasteiger charge is -2.13. The molecule has 132 valence electrons. The topological polar surface area (TPSA) is 50.4 Å². The molecule has 0 saturated heterocycles. The van der Waals surface area contributed by atoms with Crippen molar-refractivity contribution in [2.75, 3.05) is 17.2 Å². The van der Waals surface area contributed by atoms with Gasteiger partial charge in [0.15, 0.2) is 5.75 Å². The van der Waals surface area contributed by atoms with E-state index >= 15 is 0 Å². The van der Waals surface area contributed by atoms with Gasteiger partial charge >= 0.3 is 0 Å². The van der Waals surface area contributed by atoms with E-state index in [0.717, 1.165) is 11.4 Å². The van der Waals surface area contributed by atoms with Crippen molar-refractivity contribution in [3.8, 4) is 11.5 Å². The molecule has 0 radical (unpaired) electrons. The van der Waals surface area contributed by atoms with Gasteiger partial charge in [0.05, 0.1) is 5.69 Å². The van der Waals surface area contributed by atoms with E-state index in [1.54, 1.807) is 0 Å². The van der Waals surface area contributed by atoms with Crippen molar-refractivity contribution >= 4 is 17.3 Å². The third-order valence-electron chi connectivity index (χ3n) is 3.65. The van der Waals surface area contributed by atoms with Gasteiger partial charge in [0, 0.05) is 18.7 Å². The van der Waals surface area contributed by atoms with Gasteiger partial charge in [0.25, 0.3) is 0 Å². The number of halogens is 1. The van der Waals surface area contributed by atoms with Crippen LogP contribution in [0.1, 0.15) is 6.42 Å². The molecule has 0 aromatic heterocycles. The summed E-state index contributed by atoms with van der Waals surface area (Å²) in [6.45, 7) is 0.447. The van der Waals surface area contributed by atoms with E-state index in [2.05, 4.69) is 10.6 Å². The lowest BCUT2D eigenvalue weighted by Crippen LogP contribution is -2.16. The Kier molecular flexibility index (Phi) is 5.83. The average Bonchev–Trinajstić information content (AvgIpc) is 2.66. The summed E-state index contributed by atoms with van der Waals surface area (Å²) in [5.74, 6) is 0.957. The summed E-state index contributed by atoms with van der Waals surface area (Å²) in [7, 11) is 0. The molecule has 1 amide bonds. The molecule has 3 rings (SSSR count). The Morgan fingerprint density at radius 3 is 2.35 bits per heavy atom. The number of amides is 1. The molecule has 3 aromatic carbocycles. The second-order valence-corrected chi connectivity index (χ2v) is 5.64. The molecule has 0 aliphatic rings. The molecule has 0 aliphatic carbocycles. The Morgan fingerprint density at radius 1 is 0.885 bits per heavy atom. The molecular weight excluding hydrogens is 331 g/mol. The molecule has 0 bridgehead atoms. The van der Waals surface area contributed by atoms with Crippen molar-refractivity contribution in [1.29, 1.82) is 0 Å². The van der Waals surface area contributed by atoms with Crippen LogP contribution in [0.5, 0.6) is 11.5 Å². The molecule has 0 saturated carbocycles. The van der Waals surface area contributed by atoms with Crippen LogP contribution in [-0.2, 0) is 4.79 Å². The SMILES string of the molecule is O=C(CCNc1ccccc1Oc1ccccc1)Nc1ccc(F)cc1. The van der Waals surface area contributed by atoms with Gasteiger partial charge < -0.3 is 15.4 Å². The quantitative estimate of drug-likeness (QED) is 0.626. The van der Waals surface area contributed by atoms with Crippen molar-refractivity contribution in [2.24, 2.45) is 0 Å². The van der Waals surface area contributed by atoms with Crippen molar-refractivity contribution in [2.45, 2.75) is 6.42 Å². The molecule has 0 aliphatic heterocycles. The van der Waals surface area contributed by atoms with Crippen LogP contribution < -0.4 is 15.4 Å². The first-order valence-corrected chi connectivity index (χ1v) is 8.32. The number of anilines is 2. The Balaban J connectivity index is 1.53. The maximum atomic E-state index is 12.9. The fraction of sp³-hybridized carbons (Fsp3) is 0.0952. The highest BCUT2D eigenvalue weighted by molar-refractivity contribution is 5.90. The van der Waals surface area contributed by atoms with E-state index in [0.29, 0.717) is 18.0 Å². The number of nitrogens with one attached hydrogen (secondary N) is 2. The van der Waals surface area contributed by atoms with Gasteiger partial charge in [0.2, 0.25) is 5.91 Å². The number of para-hydroxylation sites is 3. The molecule has 4 nitrogen and oxygen atoms in total. The molecule has 0 fully saturated rings. The van der Waals surface area contributed by atoms with Crippen molar-refractivity contribution in [3.05, 3.63) is 84.7 Å². The zero-order valence-corrected chi connectivity index (χ0v) is 14.1. The minimum Gasteiger partial charge on any atom is -0.455 e. The molecule has 26 heavy (non-hydrogen) atoms. The molecule has 3 aromatic rings. The van der Waals surface area contributed by atoms with Gasteiger partial charge in [-0.05, 0) is 48.5 Å². The van der Waals surface area contributed by atoms with Crippen molar-refractivity contribution in [1.82, 2.24) is 0 Å². The summed E-state index contributed by atoms with van der Waals surface area (Å²) < 4.78 is 18.7. The van der Waals surface area contributed by atoms with Gasteiger partial charge in [-0.25, -0.2) is 4.39 Å². The first-order chi connectivity index (χ1) is 12.7. The van der Waals surface area contributed by atoms with E-state index in [-0.39, 0.29) is 18.1 Å². The van der Waals surface area contributed by atoms with E-state index in [1.165, 1.54) is 24.3 Å². The number of carbonyl (C=O) groups excluding carboxylic acids is 1. The van der Waals surface area contributed by atoms with E-state index < -0.39 is 0 Å². The molecule has 0 unspecified atom stereocenters. The van der Waals surface area contributed by atoms with Crippen LogP contribution in [0.2, 0.25) is 0 Å². The molecular formula is C21H19FN2O2. The number of benzene rings is 3. The summed E-state index contributed by atoms with van der Waals surface area (Å²) in [5.41, 5.74) is 1.38. The normalized spacial score (nSPS) is 10.2. The predicted octanol–water partition coefficient (Wildman–Crippen LogP) is 5.06. The van der Waals surface area contributed by atoms with Gasteiger partial charge in [-0.15, -0.1) is 0 Å². The summed E-state index contributed by atoms with van der Waals surface area (Å²) in [6.07, 6.45) is 0.275. The van der Waals surface area contributed by atoms with E-state index in [4.69, 9.17) is 4.74 Å². The molecule has 5 heteroatoms. The minimum atomic E-state index is -0.334. The van der Waals surface area contributed by atoms with E-state index in [1.807, 2.05) is 54.6 Å². The third kappa shape index (κ3) is 5.08. The van der Waals surface area contributed by atoms with Gasteiger partial charge in [-0.1, -0.05) is 30.3 Å². The number of ether oxygens (including phenoxy) is 1. The highest BCUT2D eigenvalue weighted by Gasteiger charge is 2.06. The lowest BCUT2D eigenvalue weighted by atomic mass is 10.2. The smallest absolute Gasteiger partial charge is 0.226 e. The van der Waals surface area contributed by atoms with Crippen LogP contribution in [0.3, 0.4) is 0 Å². The fourth-order valence-corrected chi connectivity index (χ4v) is 2.38. The number of hydrogen-bond acceptors (Lipinski definition) is 3. The molecule has 0 atom stereocenters. The number of carbonyl (C=O) groups is 1. The molecule has 0 spiro atoms. The second-order valence-electron chi connectivity index (χ2n) is 5.64. The highest BCUT2D eigenvalue weighted by Crippen LogP contribution is 2.28. The van der Waals surface area contributed by atoms with Gasteiger partial charge in [0.1, 0.15) is 11.6 Å². The van der Waals surface area contributed by atoms with Crippen LogP contribution in [0.4, 0.5) is 15.8 Å². The van der Waals surface area contributed by atoms with Gasteiger partial charge in [-0.3, -0.25) is 4.79 Å². The standard InChI is InChI=1S/C21H19FN2O2/c22-16-10-12-17(13-11-16)24-21(25)14-15-23-19-8-4-5-9-20(19)26-18-6-2-1-3-7-18/h1-13,23H,14-15H2,(H,24,25). The summed E-state index contributed by atoms with van der Waals surface area (Å²) >= 11 is 0. The van der Waals surface area contributed by atoms with Crippen LogP contribution in [-0.4, -0.2) is 12.5 Å². The first-order valence-electron chi connectivity index (χ1n) is 8.32. The summed E-state index contributed by atoms with van der Waals surface area (Å²) in [5, 5.41) is 5.95. The molecule has 2 N–H and O–H groups in total. The lowest BCUT2D eigenvalue weighted by molar-refractivity contribution is -0.115. The second kappa shape index (κ2) is 8.67. The predicted molar refractivity (Wildman–Crippen MR) is 101 cm³/mol. The van der Waals surface area contributed by atoms with Crippen LogP contribution in [0.15, 0.2) is 78.9 Å². The summed E-state index contributed by atoms with van der Waals surface area (Å²) in [6, 6.07) is 22.8. The number of hydrogen-bond donors (Lipinski definition) is 2. The number of rotatable bonds is 7. The monoisotopic (exact) mass is 350 g/mol. The van der Waals surface area contributed by atoms with Crippen LogP contribution in [0.25, 0.3) is 0 Å². The van der Waals surface area contributed by atoms with Crippen LogP contribution in [0, 0.1) is 5.82 Å². The zero-order chi connectivity index (χ0) is 18.2. The molecule has 0 heterocycles. The summed E-state index contributed by atoms with van der Waals surface area (Å²) in [4.78, 5) is 12.0. The maximum Gasteiger partial charge on any atom is 0.226 e. The fourth-order valence-electron chi connectivity index (χ4n) is 2.38. The Hall–Kier alpha value is -3.34. The highest BCUT2D eigenvalue weighted by atomic mass is 19.1. The average molecular weight is 350 g/mol. The van der Waals surface area contributed by atoms with Crippen molar-refractivity contribution < 1.29 is 13.9 Å². The Morgan fingerprint density at radius 2 is 1.58 bits per heavy atom. The maximum absolute atomic E-state index is 12.9. The van der Waals surface area contributed by atoms with Crippen LogP contribution >= 0.6 is 0 Å². The first kappa shape index (κ1) is 17.5. The largest absolute Gasteiger partial charge is 0.455 e. The Bertz CT molecular complexity index is 851. The van der Waals surface area contributed by atoms with E-state index in [9.17, 15) is 9.18 Å². The third-order valence-corrected chi connectivity index (χ3v) is 3.65. The van der Waals surface area contributed by atoms with Crippen molar-refractivity contribution in [3.63, 3.8) is 0 Å².